The zero-order chi connectivity index (χ0) is 17.6. The molecule has 1 aromatic carbocycles. The number of benzene rings is 1. The highest BCUT2D eigenvalue weighted by Gasteiger charge is 2.18. The largest absolute Gasteiger partial charge is 0.370 e. The van der Waals surface area contributed by atoms with Gasteiger partial charge in [0.1, 0.15) is 5.82 Å². The predicted molar refractivity (Wildman–Crippen MR) is 102 cm³/mol. The maximum atomic E-state index is 13.0. The van der Waals surface area contributed by atoms with Crippen LogP contribution in [0.1, 0.15) is 5.56 Å². The summed E-state index contributed by atoms with van der Waals surface area (Å²) in [6.45, 7) is 3.85. The minimum atomic E-state index is -0.209. The number of nitrogens with two attached hydrogens (primary N) is 1. The molecule has 1 aliphatic heterocycles. The number of rotatable bonds is 4. The summed E-state index contributed by atoms with van der Waals surface area (Å²) in [6.07, 6.45) is 3.80. The number of hydrogen-bond acceptors (Lipinski definition) is 4. The van der Waals surface area contributed by atoms with E-state index in [-0.39, 0.29) is 5.82 Å². The van der Waals surface area contributed by atoms with Gasteiger partial charge in [0, 0.05) is 38.1 Å². The van der Waals surface area contributed by atoms with Crippen LogP contribution in [0, 0.1) is 5.82 Å². The molecular formula is C18H22FN5S. The number of hydrogen-bond donors (Lipinski definition) is 1. The summed E-state index contributed by atoms with van der Waals surface area (Å²) in [5.41, 5.74) is 8.30. The SMILES string of the molecule is CSc1cc(CN=C(N)N2CCN(c3ccc(F)cc3)CC2)ccn1. The standard InChI is InChI=1S/C18H22FN5S/c1-25-17-12-14(6-7-21-17)13-22-18(20)24-10-8-23(9-11-24)16-4-2-15(19)3-5-16/h2-7,12H,8-11,13H2,1H3,(H2,20,22). The second-order valence-corrected chi connectivity index (χ2v) is 6.66. The molecule has 0 amide bonds. The molecular weight excluding hydrogens is 337 g/mol. The Labute approximate surface area is 151 Å². The number of pyridine rings is 1. The summed E-state index contributed by atoms with van der Waals surface area (Å²) < 4.78 is 13.0. The molecule has 132 valence electrons. The van der Waals surface area contributed by atoms with E-state index in [4.69, 9.17) is 5.73 Å². The zero-order valence-electron chi connectivity index (χ0n) is 14.2. The number of halogens is 1. The Morgan fingerprint density at radius 3 is 2.60 bits per heavy atom. The molecule has 7 heteroatoms. The number of nitrogens with zero attached hydrogens (tertiary/aromatic N) is 4. The van der Waals surface area contributed by atoms with Crippen LogP contribution in [0.25, 0.3) is 0 Å². The summed E-state index contributed by atoms with van der Waals surface area (Å²) in [7, 11) is 0. The first kappa shape index (κ1) is 17.5. The van der Waals surface area contributed by atoms with E-state index in [1.165, 1.54) is 12.1 Å². The van der Waals surface area contributed by atoms with Crippen molar-refractivity contribution in [1.82, 2.24) is 9.88 Å². The second-order valence-electron chi connectivity index (χ2n) is 5.83. The van der Waals surface area contributed by atoms with Crippen LogP contribution in [-0.2, 0) is 6.54 Å². The van der Waals surface area contributed by atoms with Gasteiger partial charge in [0.15, 0.2) is 5.96 Å². The van der Waals surface area contributed by atoms with Crippen molar-refractivity contribution < 1.29 is 4.39 Å². The van der Waals surface area contributed by atoms with Gasteiger partial charge in [-0.05, 0) is 48.2 Å². The fourth-order valence-electron chi connectivity index (χ4n) is 2.78. The third kappa shape index (κ3) is 4.63. The maximum absolute atomic E-state index is 13.0. The minimum Gasteiger partial charge on any atom is -0.370 e. The van der Waals surface area contributed by atoms with Crippen molar-refractivity contribution in [3.05, 3.63) is 54.0 Å². The molecule has 0 bridgehead atoms. The average molecular weight is 359 g/mol. The fraction of sp³-hybridized carbons (Fsp3) is 0.333. The lowest BCUT2D eigenvalue weighted by Gasteiger charge is -2.36. The van der Waals surface area contributed by atoms with Crippen LogP contribution in [0.2, 0.25) is 0 Å². The summed E-state index contributed by atoms with van der Waals surface area (Å²) in [6, 6.07) is 10.6. The van der Waals surface area contributed by atoms with Gasteiger partial charge >= 0.3 is 0 Å². The van der Waals surface area contributed by atoms with Crippen LogP contribution in [0.4, 0.5) is 10.1 Å². The molecule has 25 heavy (non-hydrogen) atoms. The number of aromatic nitrogens is 1. The van der Waals surface area contributed by atoms with Crippen molar-refractivity contribution in [2.24, 2.45) is 10.7 Å². The van der Waals surface area contributed by atoms with Gasteiger partial charge in [-0.15, -0.1) is 11.8 Å². The smallest absolute Gasteiger partial charge is 0.191 e. The van der Waals surface area contributed by atoms with E-state index in [1.54, 1.807) is 18.0 Å². The van der Waals surface area contributed by atoms with E-state index >= 15 is 0 Å². The lowest BCUT2D eigenvalue weighted by molar-refractivity contribution is 0.380. The van der Waals surface area contributed by atoms with E-state index in [1.807, 2.05) is 30.5 Å². The molecule has 0 spiro atoms. The third-order valence-electron chi connectivity index (χ3n) is 4.23. The van der Waals surface area contributed by atoms with Crippen molar-refractivity contribution in [2.45, 2.75) is 11.6 Å². The van der Waals surface area contributed by atoms with Gasteiger partial charge in [-0.3, -0.25) is 0 Å². The molecule has 0 atom stereocenters. The van der Waals surface area contributed by atoms with Crippen LogP contribution in [-0.4, -0.2) is 48.3 Å². The Balaban J connectivity index is 1.55. The van der Waals surface area contributed by atoms with Crippen molar-refractivity contribution in [2.75, 3.05) is 37.3 Å². The van der Waals surface area contributed by atoms with E-state index in [0.717, 1.165) is 42.5 Å². The predicted octanol–water partition coefficient (Wildman–Crippen LogP) is 2.58. The van der Waals surface area contributed by atoms with Crippen LogP contribution in [0.3, 0.4) is 0 Å². The van der Waals surface area contributed by atoms with Gasteiger partial charge in [0.2, 0.25) is 0 Å². The minimum absolute atomic E-state index is 0.209. The van der Waals surface area contributed by atoms with E-state index in [0.29, 0.717) is 12.5 Å². The highest BCUT2D eigenvalue weighted by Crippen LogP contribution is 2.17. The maximum Gasteiger partial charge on any atom is 0.191 e. The lowest BCUT2D eigenvalue weighted by atomic mass is 10.2. The molecule has 0 aliphatic carbocycles. The molecule has 2 N–H and O–H groups in total. The summed E-state index contributed by atoms with van der Waals surface area (Å²) in [5.74, 6) is 0.362. The Hall–Kier alpha value is -2.28. The molecule has 1 fully saturated rings. The molecule has 3 rings (SSSR count). The molecule has 2 aromatic rings. The molecule has 0 saturated carbocycles. The Kier molecular flexibility index (Phi) is 5.75. The summed E-state index contributed by atoms with van der Waals surface area (Å²) >= 11 is 1.61. The molecule has 1 aliphatic rings. The van der Waals surface area contributed by atoms with Crippen LogP contribution < -0.4 is 10.6 Å². The number of aliphatic imine (C=N–C) groups is 1. The topological polar surface area (TPSA) is 57.8 Å². The van der Waals surface area contributed by atoms with Crippen LogP contribution >= 0.6 is 11.8 Å². The van der Waals surface area contributed by atoms with Crippen LogP contribution in [0.5, 0.6) is 0 Å². The van der Waals surface area contributed by atoms with Crippen LogP contribution in [0.15, 0.2) is 52.6 Å². The normalized spacial score (nSPS) is 15.5. The number of piperazine rings is 1. The van der Waals surface area contributed by atoms with Gasteiger partial charge in [-0.2, -0.15) is 0 Å². The lowest BCUT2D eigenvalue weighted by Crippen LogP contribution is -2.51. The third-order valence-corrected chi connectivity index (χ3v) is 4.87. The Morgan fingerprint density at radius 1 is 1.20 bits per heavy atom. The molecule has 0 unspecified atom stereocenters. The Bertz CT molecular complexity index is 727. The highest BCUT2D eigenvalue weighted by molar-refractivity contribution is 7.98. The monoisotopic (exact) mass is 359 g/mol. The first-order chi connectivity index (χ1) is 12.2. The van der Waals surface area contributed by atoms with Crippen molar-refractivity contribution >= 4 is 23.4 Å². The summed E-state index contributed by atoms with van der Waals surface area (Å²) in [5, 5.41) is 0.985. The zero-order valence-corrected chi connectivity index (χ0v) is 15.0. The first-order valence-electron chi connectivity index (χ1n) is 8.20. The highest BCUT2D eigenvalue weighted by atomic mass is 32.2. The van der Waals surface area contributed by atoms with Crippen molar-refractivity contribution in [1.29, 1.82) is 0 Å². The van der Waals surface area contributed by atoms with Gasteiger partial charge in [0.05, 0.1) is 11.6 Å². The van der Waals surface area contributed by atoms with Gasteiger partial charge in [-0.25, -0.2) is 14.4 Å². The van der Waals surface area contributed by atoms with Crippen molar-refractivity contribution in [3.8, 4) is 0 Å². The van der Waals surface area contributed by atoms with Gasteiger partial charge in [0.25, 0.3) is 0 Å². The fourth-order valence-corrected chi connectivity index (χ4v) is 3.21. The van der Waals surface area contributed by atoms with E-state index < -0.39 is 0 Å². The van der Waals surface area contributed by atoms with E-state index in [2.05, 4.69) is 19.8 Å². The average Bonchev–Trinajstić information content (AvgIpc) is 2.67. The number of anilines is 1. The van der Waals surface area contributed by atoms with Crippen molar-refractivity contribution in [3.63, 3.8) is 0 Å². The number of guanidine groups is 1. The molecule has 1 aromatic heterocycles. The van der Waals surface area contributed by atoms with Gasteiger partial charge < -0.3 is 15.5 Å². The Morgan fingerprint density at radius 2 is 1.92 bits per heavy atom. The molecule has 0 radical (unpaired) electrons. The molecule has 5 nitrogen and oxygen atoms in total. The molecule has 1 saturated heterocycles. The summed E-state index contributed by atoms with van der Waals surface area (Å²) in [4.78, 5) is 13.1. The number of thioether (sulfide) groups is 1. The molecule has 2 heterocycles. The first-order valence-corrected chi connectivity index (χ1v) is 9.42. The van der Waals surface area contributed by atoms with Gasteiger partial charge in [-0.1, -0.05) is 0 Å². The second kappa shape index (κ2) is 8.20. The van der Waals surface area contributed by atoms with E-state index in [9.17, 15) is 4.39 Å². The quantitative estimate of drug-likeness (QED) is 0.517.